The Kier molecular flexibility index (Phi) is 6.32. The third-order valence-electron chi connectivity index (χ3n) is 8.85. The van der Waals surface area contributed by atoms with Crippen LogP contribution in [0, 0.1) is 11.8 Å². The van der Waals surface area contributed by atoms with Crippen molar-refractivity contribution in [3.63, 3.8) is 0 Å². The first kappa shape index (κ1) is 23.2. The van der Waals surface area contributed by atoms with Gasteiger partial charge in [-0.15, -0.1) is 0 Å². The van der Waals surface area contributed by atoms with Crippen molar-refractivity contribution in [3.05, 3.63) is 53.1 Å². The predicted molar refractivity (Wildman–Crippen MR) is 133 cm³/mol. The first-order chi connectivity index (χ1) is 16.5. The van der Waals surface area contributed by atoms with Gasteiger partial charge in [0.2, 0.25) is 0 Å². The Labute approximate surface area is 203 Å². The van der Waals surface area contributed by atoms with Crippen molar-refractivity contribution in [1.29, 1.82) is 0 Å². The molecule has 3 aliphatic rings. The summed E-state index contributed by atoms with van der Waals surface area (Å²) < 4.78 is 18.3. The quantitative estimate of drug-likeness (QED) is 0.551. The fraction of sp³-hybridized carbons (Fsp3) is 0.552. The van der Waals surface area contributed by atoms with Gasteiger partial charge in [-0.1, -0.05) is 37.3 Å². The highest BCUT2D eigenvalue weighted by Gasteiger charge is 2.60. The maximum absolute atomic E-state index is 13.1. The normalized spacial score (nSPS) is 28.1. The largest absolute Gasteiger partial charge is 0.493 e. The average molecular weight is 464 g/mol. The fourth-order valence-corrected chi connectivity index (χ4v) is 7.12. The minimum absolute atomic E-state index is 0.0339. The van der Waals surface area contributed by atoms with E-state index in [0.717, 1.165) is 50.1 Å². The molecule has 5 heteroatoms. The Morgan fingerprint density at radius 3 is 2.65 bits per heavy atom. The van der Waals surface area contributed by atoms with Gasteiger partial charge in [0.15, 0.2) is 11.5 Å². The van der Waals surface area contributed by atoms with Crippen molar-refractivity contribution < 1.29 is 19.0 Å². The number of ether oxygens (including phenoxy) is 3. The number of piperidine rings is 1. The predicted octanol–water partition coefficient (Wildman–Crippen LogP) is 4.83. The van der Waals surface area contributed by atoms with Crippen LogP contribution in [-0.2, 0) is 23.1 Å². The SMILES string of the molecule is COc1cc(OCCCc2ccccc2)c2c(c1OC)[C@]13CCN(C)[C@H](C2)[C@H]1CCC(=O)[C@H]3C. The van der Waals surface area contributed by atoms with Gasteiger partial charge in [0, 0.05) is 41.0 Å². The molecule has 2 aromatic carbocycles. The van der Waals surface area contributed by atoms with Crippen molar-refractivity contribution in [2.75, 3.05) is 34.4 Å². The number of Topliss-reactive ketones (excluding diaryl/α,β-unsaturated/α-hetero) is 1. The molecule has 2 fully saturated rings. The number of hydrogen-bond acceptors (Lipinski definition) is 5. The molecule has 2 bridgehead atoms. The van der Waals surface area contributed by atoms with Crippen LogP contribution >= 0.6 is 0 Å². The Bertz CT molecular complexity index is 1050. The molecule has 2 aliphatic carbocycles. The highest BCUT2D eigenvalue weighted by Crippen LogP contribution is 2.62. The summed E-state index contributed by atoms with van der Waals surface area (Å²) in [6.45, 7) is 3.78. The number of methoxy groups -OCH3 is 2. The van der Waals surface area contributed by atoms with Crippen molar-refractivity contribution in [1.82, 2.24) is 4.90 Å². The van der Waals surface area contributed by atoms with Gasteiger partial charge in [-0.2, -0.15) is 0 Å². The average Bonchev–Trinajstić information content (AvgIpc) is 2.86. The molecule has 0 unspecified atom stereocenters. The highest BCUT2D eigenvalue weighted by atomic mass is 16.5. The molecule has 0 N–H and O–H groups in total. The number of nitrogens with zero attached hydrogens (tertiary/aromatic N) is 1. The van der Waals surface area contributed by atoms with Crippen LogP contribution in [0.4, 0.5) is 0 Å². The zero-order valence-corrected chi connectivity index (χ0v) is 20.9. The summed E-state index contributed by atoms with van der Waals surface area (Å²) in [7, 11) is 5.65. The first-order valence-electron chi connectivity index (χ1n) is 12.7. The van der Waals surface area contributed by atoms with Gasteiger partial charge < -0.3 is 19.1 Å². The summed E-state index contributed by atoms with van der Waals surface area (Å²) >= 11 is 0. The summed E-state index contributed by atoms with van der Waals surface area (Å²) in [4.78, 5) is 15.6. The number of aryl methyl sites for hydroxylation is 1. The van der Waals surface area contributed by atoms with E-state index < -0.39 is 0 Å². The first-order valence-corrected chi connectivity index (χ1v) is 12.7. The molecule has 4 atom stereocenters. The molecule has 5 nitrogen and oxygen atoms in total. The zero-order chi connectivity index (χ0) is 23.9. The van der Waals surface area contributed by atoms with E-state index in [1.54, 1.807) is 14.2 Å². The maximum Gasteiger partial charge on any atom is 0.165 e. The summed E-state index contributed by atoms with van der Waals surface area (Å²) in [6, 6.07) is 13.0. The Balaban J connectivity index is 1.55. The third kappa shape index (κ3) is 3.60. The molecule has 1 saturated heterocycles. The smallest absolute Gasteiger partial charge is 0.165 e. The fourth-order valence-electron chi connectivity index (χ4n) is 7.12. The van der Waals surface area contributed by atoms with Gasteiger partial charge in [0.05, 0.1) is 20.8 Å². The molecule has 182 valence electrons. The third-order valence-corrected chi connectivity index (χ3v) is 8.85. The van der Waals surface area contributed by atoms with Crippen molar-refractivity contribution >= 4 is 5.78 Å². The monoisotopic (exact) mass is 463 g/mol. The summed E-state index contributed by atoms with van der Waals surface area (Å²) in [5.41, 5.74) is 3.50. The van der Waals surface area contributed by atoms with Crippen LogP contribution in [0.15, 0.2) is 36.4 Å². The lowest BCUT2D eigenvalue weighted by Crippen LogP contribution is -2.64. The molecular weight excluding hydrogens is 426 g/mol. The van der Waals surface area contributed by atoms with Gasteiger partial charge in [0.1, 0.15) is 11.5 Å². The van der Waals surface area contributed by atoms with Crippen molar-refractivity contribution in [2.45, 2.75) is 56.9 Å². The summed E-state index contributed by atoms with van der Waals surface area (Å²) in [5.74, 6) is 3.18. The maximum atomic E-state index is 13.1. The van der Waals surface area contributed by atoms with Crippen molar-refractivity contribution in [2.24, 2.45) is 11.8 Å². The van der Waals surface area contributed by atoms with E-state index in [1.807, 2.05) is 12.1 Å². The Hall–Kier alpha value is -2.53. The zero-order valence-electron chi connectivity index (χ0n) is 20.9. The molecule has 0 aromatic heterocycles. The van der Waals surface area contributed by atoms with E-state index in [0.29, 0.717) is 36.5 Å². The van der Waals surface area contributed by atoms with E-state index in [9.17, 15) is 4.79 Å². The molecular formula is C29H37NO4. The number of rotatable bonds is 7. The highest BCUT2D eigenvalue weighted by molar-refractivity contribution is 5.85. The molecule has 1 aliphatic heterocycles. The second-order valence-corrected chi connectivity index (χ2v) is 10.3. The van der Waals surface area contributed by atoms with E-state index in [1.165, 1.54) is 16.7 Å². The molecule has 1 saturated carbocycles. The van der Waals surface area contributed by atoms with Crippen LogP contribution in [0.1, 0.15) is 49.3 Å². The lowest BCUT2D eigenvalue weighted by Gasteiger charge is -2.60. The minimum Gasteiger partial charge on any atom is -0.493 e. The number of hydrogen-bond donors (Lipinski definition) is 0. The molecule has 2 aromatic rings. The lowest BCUT2D eigenvalue weighted by atomic mass is 9.48. The van der Waals surface area contributed by atoms with E-state index in [2.05, 4.69) is 43.1 Å². The van der Waals surface area contributed by atoms with Crippen LogP contribution in [0.25, 0.3) is 0 Å². The molecule has 5 rings (SSSR count). The number of fused-ring (bicyclic) bond motifs is 1. The molecule has 34 heavy (non-hydrogen) atoms. The number of carbonyl (C=O) groups excluding carboxylic acids is 1. The molecule has 1 heterocycles. The topological polar surface area (TPSA) is 48.0 Å². The second kappa shape index (κ2) is 9.26. The van der Waals surface area contributed by atoms with Crippen molar-refractivity contribution in [3.8, 4) is 17.2 Å². The van der Waals surface area contributed by atoms with E-state index >= 15 is 0 Å². The lowest BCUT2D eigenvalue weighted by molar-refractivity contribution is -0.134. The summed E-state index contributed by atoms with van der Waals surface area (Å²) in [6.07, 6.45) is 5.45. The van der Waals surface area contributed by atoms with Crippen LogP contribution in [0.2, 0.25) is 0 Å². The van der Waals surface area contributed by atoms with Crippen LogP contribution in [-0.4, -0.2) is 51.1 Å². The number of likely N-dealkylation sites (tertiary alicyclic amines) is 1. The minimum atomic E-state index is -0.220. The Morgan fingerprint density at radius 1 is 1.12 bits per heavy atom. The second-order valence-electron chi connectivity index (χ2n) is 10.3. The van der Waals surface area contributed by atoms with Crippen LogP contribution in [0.3, 0.4) is 0 Å². The number of ketones is 1. The van der Waals surface area contributed by atoms with E-state index in [-0.39, 0.29) is 11.3 Å². The van der Waals surface area contributed by atoms with Gasteiger partial charge in [0.25, 0.3) is 0 Å². The van der Waals surface area contributed by atoms with Crippen LogP contribution in [0.5, 0.6) is 17.2 Å². The molecule has 0 radical (unpaired) electrons. The van der Waals surface area contributed by atoms with E-state index in [4.69, 9.17) is 14.2 Å². The number of benzene rings is 2. The molecule has 0 spiro atoms. The van der Waals surface area contributed by atoms with Gasteiger partial charge in [-0.3, -0.25) is 4.79 Å². The number of carbonyl (C=O) groups is 1. The van der Waals surface area contributed by atoms with Gasteiger partial charge >= 0.3 is 0 Å². The standard InChI is InChI=1S/C29H37NO4/c1-19-24(31)13-12-22-23-17-21-25(34-16-8-11-20-9-6-5-7-10-20)18-26(32-3)28(33-4)27(21)29(19,22)14-15-30(23)2/h5-7,9-10,18-19,22-23H,8,11-17H2,1-4H3/t19-,22-,23-,29+/m1/s1. The van der Waals surface area contributed by atoms with Crippen LogP contribution < -0.4 is 14.2 Å². The number of likely N-dealkylation sites (N-methyl/N-ethyl adjacent to an activating group) is 1. The van der Waals surface area contributed by atoms with Gasteiger partial charge in [-0.25, -0.2) is 0 Å². The molecule has 0 amide bonds. The van der Waals surface area contributed by atoms with Gasteiger partial charge in [-0.05, 0) is 57.2 Å². The Morgan fingerprint density at radius 2 is 1.91 bits per heavy atom. The summed E-state index contributed by atoms with van der Waals surface area (Å²) in [5, 5.41) is 0.